The van der Waals surface area contributed by atoms with Crippen LogP contribution in [0.1, 0.15) is 18.7 Å². The molecule has 2 heterocycles. The molecule has 1 saturated heterocycles. The van der Waals surface area contributed by atoms with E-state index in [4.69, 9.17) is 11.6 Å². The number of nitrogens with one attached hydrogen (secondary N) is 2. The minimum atomic E-state index is -0.174. The van der Waals surface area contributed by atoms with Crippen LogP contribution in [0.2, 0.25) is 5.02 Å². The van der Waals surface area contributed by atoms with Gasteiger partial charge < -0.3 is 10.3 Å². The maximum atomic E-state index is 12.6. The number of amides is 1. The van der Waals surface area contributed by atoms with E-state index in [1.54, 1.807) is 18.2 Å². The smallest absolute Gasteiger partial charge is 0.258 e. The van der Waals surface area contributed by atoms with E-state index in [0.29, 0.717) is 34.8 Å². The number of rotatable bonds is 4. The van der Waals surface area contributed by atoms with Gasteiger partial charge in [-0.2, -0.15) is 0 Å². The number of aromatic nitrogens is 2. The molecule has 1 aliphatic heterocycles. The largest absolute Gasteiger partial charge is 0.326 e. The topological polar surface area (TPSA) is 78.1 Å². The summed E-state index contributed by atoms with van der Waals surface area (Å²) < 4.78 is 0. The highest BCUT2D eigenvalue weighted by Gasteiger charge is 2.26. The minimum absolute atomic E-state index is 0.0302. The Kier molecular flexibility index (Phi) is 5.41. The molecule has 0 bridgehead atoms. The molecule has 1 amide bonds. The molecular weight excluding hydrogens is 376 g/mol. The SMILES string of the molecule is O=C(Nc1ccccc1)[C@@H]1CCCN(Cc2nc3cc(Cl)ccc3c(=O)[nH]2)C1. The van der Waals surface area contributed by atoms with Crippen LogP contribution < -0.4 is 10.9 Å². The van der Waals surface area contributed by atoms with Crippen LogP contribution in [0.5, 0.6) is 0 Å². The van der Waals surface area contributed by atoms with E-state index in [2.05, 4.69) is 20.2 Å². The first kappa shape index (κ1) is 18.7. The first-order valence-corrected chi connectivity index (χ1v) is 9.73. The number of benzene rings is 2. The zero-order valence-electron chi connectivity index (χ0n) is 15.3. The van der Waals surface area contributed by atoms with E-state index in [1.807, 2.05) is 30.3 Å². The molecule has 0 unspecified atom stereocenters. The Hall–Kier alpha value is -2.70. The van der Waals surface area contributed by atoms with Crippen LogP contribution >= 0.6 is 11.6 Å². The molecule has 28 heavy (non-hydrogen) atoms. The first-order chi connectivity index (χ1) is 13.6. The maximum absolute atomic E-state index is 12.6. The second-order valence-corrected chi connectivity index (χ2v) is 7.54. The molecule has 2 N–H and O–H groups in total. The number of carbonyl (C=O) groups is 1. The van der Waals surface area contributed by atoms with Crippen molar-refractivity contribution in [1.29, 1.82) is 0 Å². The van der Waals surface area contributed by atoms with Crippen molar-refractivity contribution in [2.75, 3.05) is 18.4 Å². The van der Waals surface area contributed by atoms with Crippen LogP contribution in [0.15, 0.2) is 53.3 Å². The quantitative estimate of drug-likeness (QED) is 0.708. The zero-order valence-corrected chi connectivity index (χ0v) is 16.1. The number of nitrogens with zero attached hydrogens (tertiary/aromatic N) is 2. The van der Waals surface area contributed by atoms with E-state index in [9.17, 15) is 9.59 Å². The van der Waals surface area contributed by atoms with Gasteiger partial charge in [0, 0.05) is 17.3 Å². The van der Waals surface area contributed by atoms with Crippen molar-refractivity contribution in [3.63, 3.8) is 0 Å². The Bertz CT molecular complexity index is 1050. The first-order valence-electron chi connectivity index (χ1n) is 9.35. The average Bonchev–Trinajstić information content (AvgIpc) is 2.68. The predicted molar refractivity (Wildman–Crippen MR) is 110 cm³/mol. The van der Waals surface area contributed by atoms with Gasteiger partial charge in [0.15, 0.2) is 0 Å². The van der Waals surface area contributed by atoms with Gasteiger partial charge in [-0.1, -0.05) is 29.8 Å². The van der Waals surface area contributed by atoms with Crippen LogP contribution in [0, 0.1) is 5.92 Å². The third-order valence-corrected chi connectivity index (χ3v) is 5.24. The molecule has 0 spiro atoms. The van der Waals surface area contributed by atoms with Gasteiger partial charge in [-0.05, 0) is 49.7 Å². The molecule has 0 radical (unpaired) electrons. The number of likely N-dealkylation sites (tertiary alicyclic amines) is 1. The van der Waals surface area contributed by atoms with Gasteiger partial charge in [-0.15, -0.1) is 0 Å². The fourth-order valence-corrected chi connectivity index (χ4v) is 3.79. The molecule has 3 aromatic rings. The van der Waals surface area contributed by atoms with Crippen molar-refractivity contribution in [2.24, 2.45) is 5.92 Å². The van der Waals surface area contributed by atoms with Gasteiger partial charge in [0.2, 0.25) is 5.91 Å². The number of hydrogen-bond acceptors (Lipinski definition) is 4. The van der Waals surface area contributed by atoms with Gasteiger partial charge in [0.1, 0.15) is 5.82 Å². The van der Waals surface area contributed by atoms with Crippen molar-refractivity contribution in [3.05, 3.63) is 69.7 Å². The molecule has 2 aromatic carbocycles. The molecule has 7 heteroatoms. The lowest BCUT2D eigenvalue weighted by Crippen LogP contribution is -2.40. The second-order valence-electron chi connectivity index (χ2n) is 7.10. The summed E-state index contributed by atoms with van der Waals surface area (Å²) in [5, 5.41) is 4.05. The number of anilines is 1. The summed E-state index contributed by atoms with van der Waals surface area (Å²) in [6.07, 6.45) is 1.78. The van der Waals surface area contributed by atoms with Crippen molar-refractivity contribution in [3.8, 4) is 0 Å². The molecule has 1 fully saturated rings. The summed E-state index contributed by atoms with van der Waals surface area (Å²) in [5.41, 5.74) is 1.22. The standard InChI is InChI=1S/C21H21ClN4O2/c22-15-8-9-17-18(11-15)24-19(25-21(17)28)13-26-10-4-5-14(12-26)20(27)23-16-6-2-1-3-7-16/h1-3,6-9,11,14H,4-5,10,12-13H2,(H,23,27)(H,24,25,28)/t14-/m1/s1. The highest BCUT2D eigenvalue weighted by atomic mass is 35.5. The van der Waals surface area contributed by atoms with E-state index in [1.165, 1.54) is 0 Å². The summed E-state index contributed by atoms with van der Waals surface area (Å²) >= 11 is 6.03. The fraction of sp³-hybridized carbons (Fsp3) is 0.286. The summed E-state index contributed by atoms with van der Waals surface area (Å²) in [6.45, 7) is 2.00. The van der Waals surface area contributed by atoms with Crippen LogP contribution in [-0.2, 0) is 11.3 Å². The molecule has 0 saturated carbocycles. The van der Waals surface area contributed by atoms with Crippen LogP contribution in [0.25, 0.3) is 10.9 Å². The van der Waals surface area contributed by atoms with Gasteiger partial charge in [0.05, 0.1) is 23.4 Å². The van der Waals surface area contributed by atoms with Crippen molar-refractivity contribution in [2.45, 2.75) is 19.4 Å². The number of carbonyl (C=O) groups excluding carboxylic acids is 1. The third kappa shape index (κ3) is 4.24. The van der Waals surface area contributed by atoms with Gasteiger partial charge >= 0.3 is 0 Å². The number of fused-ring (bicyclic) bond motifs is 1. The Labute approximate surface area is 167 Å². The van der Waals surface area contributed by atoms with Crippen molar-refractivity contribution < 1.29 is 4.79 Å². The fourth-order valence-electron chi connectivity index (χ4n) is 3.63. The van der Waals surface area contributed by atoms with E-state index < -0.39 is 0 Å². The Morgan fingerprint density at radius 3 is 2.89 bits per heavy atom. The van der Waals surface area contributed by atoms with Crippen LogP contribution in [0.3, 0.4) is 0 Å². The highest BCUT2D eigenvalue weighted by molar-refractivity contribution is 6.31. The van der Waals surface area contributed by atoms with Crippen molar-refractivity contribution >= 4 is 34.1 Å². The molecule has 4 rings (SSSR count). The number of halogens is 1. The maximum Gasteiger partial charge on any atom is 0.258 e. The lowest BCUT2D eigenvalue weighted by molar-refractivity contribution is -0.121. The highest BCUT2D eigenvalue weighted by Crippen LogP contribution is 2.20. The molecule has 6 nitrogen and oxygen atoms in total. The summed E-state index contributed by atoms with van der Waals surface area (Å²) in [7, 11) is 0. The van der Waals surface area contributed by atoms with E-state index in [-0.39, 0.29) is 17.4 Å². The number of piperidine rings is 1. The Balaban J connectivity index is 1.46. The lowest BCUT2D eigenvalue weighted by Gasteiger charge is -2.31. The molecule has 1 aromatic heterocycles. The van der Waals surface area contributed by atoms with Gasteiger partial charge in [0.25, 0.3) is 5.56 Å². The number of hydrogen-bond donors (Lipinski definition) is 2. The van der Waals surface area contributed by atoms with Crippen LogP contribution in [-0.4, -0.2) is 33.9 Å². The molecule has 1 aliphatic rings. The predicted octanol–water partition coefficient (Wildman–Crippen LogP) is 3.43. The van der Waals surface area contributed by atoms with E-state index >= 15 is 0 Å². The zero-order chi connectivity index (χ0) is 19.5. The molecular formula is C21H21ClN4O2. The van der Waals surface area contributed by atoms with Gasteiger partial charge in [-0.3, -0.25) is 14.5 Å². The third-order valence-electron chi connectivity index (χ3n) is 5.01. The molecule has 1 atom stereocenters. The lowest BCUT2D eigenvalue weighted by atomic mass is 9.97. The number of aromatic amines is 1. The summed E-state index contributed by atoms with van der Waals surface area (Å²) in [4.78, 5) is 34.5. The monoisotopic (exact) mass is 396 g/mol. The Morgan fingerprint density at radius 2 is 2.07 bits per heavy atom. The van der Waals surface area contributed by atoms with Crippen LogP contribution in [0.4, 0.5) is 5.69 Å². The Morgan fingerprint density at radius 1 is 1.25 bits per heavy atom. The number of H-pyrrole nitrogens is 1. The average molecular weight is 397 g/mol. The molecule has 144 valence electrons. The summed E-state index contributed by atoms with van der Waals surface area (Å²) in [6, 6.07) is 14.5. The van der Waals surface area contributed by atoms with Gasteiger partial charge in [-0.25, -0.2) is 4.98 Å². The second kappa shape index (κ2) is 8.12. The molecule has 0 aliphatic carbocycles. The van der Waals surface area contributed by atoms with E-state index in [0.717, 1.165) is 25.1 Å². The number of para-hydroxylation sites is 1. The normalized spacial score (nSPS) is 17.5. The summed E-state index contributed by atoms with van der Waals surface area (Å²) in [5.74, 6) is 0.530. The van der Waals surface area contributed by atoms with Crippen molar-refractivity contribution in [1.82, 2.24) is 14.9 Å². The minimum Gasteiger partial charge on any atom is -0.326 e.